The van der Waals surface area contributed by atoms with Gasteiger partial charge in [-0.1, -0.05) is 0 Å². The van der Waals surface area contributed by atoms with Crippen molar-refractivity contribution in [2.24, 2.45) is 0 Å². The summed E-state index contributed by atoms with van der Waals surface area (Å²) in [4.78, 5) is 17.1. The normalized spacial score (nSPS) is 10.8. The summed E-state index contributed by atoms with van der Waals surface area (Å²) in [6.07, 6.45) is 3.79. The first-order valence-corrected chi connectivity index (χ1v) is 7.14. The molecule has 0 spiro atoms. The van der Waals surface area contributed by atoms with Crippen LogP contribution in [-0.4, -0.2) is 41.4 Å². The number of carbonyl (C=O) groups is 1. The third-order valence-corrected chi connectivity index (χ3v) is 3.50. The number of rotatable bonds is 4. The molecule has 1 amide bonds. The van der Waals surface area contributed by atoms with Crippen molar-refractivity contribution in [3.63, 3.8) is 0 Å². The molecular formula is C13H17N3OS. The zero-order valence-electron chi connectivity index (χ0n) is 10.6. The van der Waals surface area contributed by atoms with E-state index in [2.05, 4.69) is 4.98 Å². The molecule has 0 aliphatic rings. The zero-order chi connectivity index (χ0) is 13.1. The van der Waals surface area contributed by atoms with Gasteiger partial charge >= 0.3 is 0 Å². The Morgan fingerprint density at radius 1 is 1.50 bits per heavy atom. The summed E-state index contributed by atoms with van der Waals surface area (Å²) in [7, 11) is 1.83. The van der Waals surface area contributed by atoms with Gasteiger partial charge in [-0.05, 0) is 24.5 Å². The SMILES string of the molecule is CSCCN(C)C(=O)c1c[nH]c2cc(N)ccc12. The monoisotopic (exact) mass is 263 g/mol. The molecule has 0 radical (unpaired) electrons. The molecule has 2 rings (SSSR count). The quantitative estimate of drug-likeness (QED) is 0.831. The highest BCUT2D eigenvalue weighted by Gasteiger charge is 2.15. The van der Waals surface area contributed by atoms with E-state index in [9.17, 15) is 4.79 Å². The van der Waals surface area contributed by atoms with Gasteiger partial charge in [0.1, 0.15) is 0 Å². The van der Waals surface area contributed by atoms with Crippen molar-refractivity contribution in [1.82, 2.24) is 9.88 Å². The molecule has 0 aliphatic heterocycles. The second-order valence-electron chi connectivity index (χ2n) is 4.23. The molecule has 0 unspecified atom stereocenters. The fraction of sp³-hybridized carbons (Fsp3) is 0.308. The minimum atomic E-state index is 0.0417. The molecule has 0 fully saturated rings. The largest absolute Gasteiger partial charge is 0.399 e. The number of anilines is 1. The Morgan fingerprint density at radius 3 is 3.00 bits per heavy atom. The molecule has 0 aliphatic carbocycles. The number of nitrogens with two attached hydrogens (primary N) is 1. The summed E-state index contributed by atoms with van der Waals surface area (Å²) in [6.45, 7) is 0.752. The fourth-order valence-electron chi connectivity index (χ4n) is 1.86. The molecule has 4 nitrogen and oxygen atoms in total. The van der Waals surface area contributed by atoms with Crippen molar-refractivity contribution >= 4 is 34.3 Å². The number of thioether (sulfide) groups is 1. The molecular weight excluding hydrogens is 246 g/mol. The van der Waals surface area contributed by atoms with Gasteiger partial charge < -0.3 is 15.6 Å². The van der Waals surface area contributed by atoms with Crippen LogP contribution in [0.1, 0.15) is 10.4 Å². The fourth-order valence-corrected chi connectivity index (χ4v) is 2.31. The molecule has 3 N–H and O–H groups in total. The summed E-state index contributed by atoms with van der Waals surface area (Å²) in [5, 5.41) is 0.921. The highest BCUT2D eigenvalue weighted by molar-refractivity contribution is 7.98. The number of fused-ring (bicyclic) bond motifs is 1. The summed E-state index contributed by atoms with van der Waals surface area (Å²) in [5.41, 5.74) is 8.01. The van der Waals surface area contributed by atoms with Gasteiger partial charge in [-0.15, -0.1) is 0 Å². The average molecular weight is 263 g/mol. The third-order valence-electron chi connectivity index (χ3n) is 2.91. The highest BCUT2D eigenvalue weighted by Crippen LogP contribution is 2.21. The van der Waals surface area contributed by atoms with Crippen LogP contribution in [0.5, 0.6) is 0 Å². The van der Waals surface area contributed by atoms with E-state index in [4.69, 9.17) is 5.73 Å². The van der Waals surface area contributed by atoms with Crippen molar-refractivity contribution < 1.29 is 4.79 Å². The lowest BCUT2D eigenvalue weighted by molar-refractivity contribution is 0.0805. The van der Waals surface area contributed by atoms with Crippen molar-refractivity contribution in [2.75, 3.05) is 31.3 Å². The highest BCUT2D eigenvalue weighted by atomic mass is 32.2. The molecule has 96 valence electrons. The number of hydrogen-bond donors (Lipinski definition) is 2. The minimum absolute atomic E-state index is 0.0417. The maximum absolute atomic E-state index is 12.3. The summed E-state index contributed by atoms with van der Waals surface area (Å²) in [5.74, 6) is 0.984. The van der Waals surface area contributed by atoms with E-state index >= 15 is 0 Å². The zero-order valence-corrected chi connectivity index (χ0v) is 11.4. The second kappa shape index (κ2) is 5.35. The van der Waals surface area contributed by atoms with Crippen LogP contribution in [0.25, 0.3) is 10.9 Å². The third kappa shape index (κ3) is 2.46. The van der Waals surface area contributed by atoms with Crippen LogP contribution in [0.4, 0.5) is 5.69 Å². The molecule has 2 aromatic rings. The van der Waals surface area contributed by atoms with E-state index in [-0.39, 0.29) is 5.91 Å². The smallest absolute Gasteiger partial charge is 0.255 e. The van der Waals surface area contributed by atoms with Gasteiger partial charge in [0.15, 0.2) is 0 Å². The van der Waals surface area contributed by atoms with Crippen LogP contribution in [-0.2, 0) is 0 Å². The van der Waals surface area contributed by atoms with Crippen LogP contribution < -0.4 is 5.73 Å². The summed E-state index contributed by atoms with van der Waals surface area (Å²) < 4.78 is 0. The predicted molar refractivity (Wildman–Crippen MR) is 78.1 cm³/mol. The van der Waals surface area contributed by atoms with E-state index in [0.717, 1.165) is 23.2 Å². The van der Waals surface area contributed by atoms with Gasteiger partial charge in [-0.3, -0.25) is 4.79 Å². The maximum Gasteiger partial charge on any atom is 0.255 e. The van der Waals surface area contributed by atoms with Gasteiger partial charge in [0.05, 0.1) is 5.56 Å². The van der Waals surface area contributed by atoms with Gasteiger partial charge in [0.25, 0.3) is 5.91 Å². The van der Waals surface area contributed by atoms with Crippen molar-refractivity contribution in [1.29, 1.82) is 0 Å². The first kappa shape index (κ1) is 12.8. The first-order valence-electron chi connectivity index (χ1n) is 5.74. The average Bonchev–Trinajstić information content (AvgIpc) is 2.77. The van der Waals surface area contributed by atoms with E-state index < -0.39 is 0 Å². The van der Waals surface area contributed by atoms with E-state index in [0.29, 0.717) is 11.3 Å². The lowest BCUT2D eigenvalue weighted by atomic mass is 10.1. The van der Waals surface area contributed by atoms with Crippen LogP contribution in [0.15, 0.2) is 24.4 Å². The Balaban J connectivity index is 2.28. The van der Waals surface area contributed by atoms with Crippen molar-refractivity contribution in [3.05, 3.63) is 30.0 Å². The van der Waals surface area contributed by atoms with Gasteiger partial charge in [0, 0.05) is 42.1 Å². The number of aromatic nitrogens is 1. The maximum atomic E-state index is 12.3. The molecule has 5 heteroatoms. The topological polar surface area (TPSA) is 62.1 Å². The first-order chi connectivity index (χ1) is 8.63. The Kier molecular flexibility index (Phi) is 3.81. The number of benzene rings is 1. The van der Waals surface area contributed by atoms with Crippen molar-refractivity contribution in [3.8, 4) is 0 Å². The summed E-state index contributed by atoms with van der Waals surface area (Å²) in [6, 6.07) is 5.54. The number of nitrogens with one attached hydrogen (secondary N) is 1. The Morgan fingerprint density at radius 2 is 2.28 bits per heavy atom. The number of amides is 1. The standard InChI is InChI=1S/C13H17N3OS/c1-16(5-6-18-2)13(17)11-8-15-12-7-9(14)3-4-10(11)12/h3-4,7-8,15H,5-6,14H2,1-2H3. The molecule has 0 bridgehead atoms. The molecule has 0 saturated carbocycles. The second-order valence-corrected chi connectivity index (χ2v) is 5.21. The van der Waals surface area contributed by atoms with Crippen LogP contribution >= 0.6 is 11.8 Å². The molecule has 1 aromatic heterocycles. The van der Waals surface area contributed by atoms with Gasteiger partial charge in [-0.25, -0.2) is 0 Å². The lowest BCUT2D eigenvalue weighted by Gasteiger charge is -2.15. The Hall–Kier alpha value is -1.62. The minimum Gasteiger partial charge on any atom is -0.399 e. The van der Waals surface area contributed by atoms with E-state index in [1.165, 1.54) is 0 Å². The predicted octanol–water partition coefficient (Wildman–Crippen LogP) is 2.19. The van der Waals surface area contributed by atoms with Gasteiger partial charge in [-0.2, -0.15) is 11.8 Å². The molecule has 0 atom stereocenters. The number of H-pyrrole nitrogens is 1. The molecule has 0 saturated heterocycles. The Bertz CT molecular complexity index is 564. The lowest BCUT2D eigenvalue weighted by Crippen LogP contribution is -2.28. The van der Waals surface area contributed by atoms with E-state index in [1.807, 2.05) is 31.5 Å². The van der Waals surface area contributed by atoms with E-state index in [1.54, 1.807) is 22.9 Å². The molecule has 18 heavy (non-hydrogen) atoms. The van der Waals surface area contributed by atoms with Crippen LogP contribution in [0.3, 0.4) is 0 Å². The summed E-state index contributed by atoms with van der Waals surface area (Å²) >= 11 is 1.73. The number of nitrogen functional groups attached to an aromatic ring is 1. The van der Waals surface area contributed by atoms with Crippen LogP contribution in [0, 0.1) is 0 Å². The number of nitrogens with zero attached hydrogens (tertiary/aromatic N) is 1. The number of aromatic amines is 1. The van der Waals surface area contributed by atoms with Crippen molar-refractivity contribution in [2.45, 2.75) is 0 Å². The molecule has 1 heterocycles. The number of carbonyl (C=O) groups excluding carboxylic acids is 1. The number of hydrogen-bond acceptors (Lipinski definition) is 3. The molecule has 1 aromatic carbocycles. The Labute approximate surface area is 111 Å². The van der Waals surface area contributed by atoms with Gasteiger partial charge in [0.2, 0.25) is 0 Å². The van der Waals surface area contributed by atoms with Crippen LogP contribution in [0.2, 0.25) is 0 Å².